The molecule has 0 unspecified atom stereocenters. The molecule has 0 spiro atoms. The van der Waals surface area contributed by atoms with Gasteiger partial charge in [0.25, 0.3) is 5.91 Å². The fourth-order valence-electron chi connectivity index (χ4n) is 3.71. The maximum Gasteiger partial charge on any atom is 0.272 e. The Morgan fingerprint density at radius 1 is 1.27 bits per heavy atom. The summed E-state index contributed by atoms with van der Waals surface area (Å²) < 4.78 is 5.34. The van der Waals surface area contributed by atoms with Gasteiger partial charge in [-0.1, -0.05) is 6.07 Å². The number of carbonyl (C=O) groups is 1. The zero-order valence-electron chi connectivity index (χ0n) is 14.8. The van der Waals surface area contributed by atoms with Gasteiger partial charge in [-0.3, -0.25) is 14.7 Å². The summed E-state index contributed by atoms with van der Waals surface area (Å²) in [5, 5.41) is 0. The van der Waals surface area contributed by atoms with Crippen LogP contribution in [0.3, 0.4) is 0 Å². The predicted octanol–water partition coefficient (Wildman–Crippen LogP) is 2.39. The van der Waals surface area contributed by atoms with Crippen LogP contribution in [0, 0.1) is 0 Å². The maximum absolute atomic E-state index is 12.7. The normalized spacial score (nSPS) is 21.7. The maximum atomic E-state index is 12.7. The Balaban J connectivity index is 1.44. The van der Waals surface area contributed by atoms with Gasteiger partial charge in [0, 0.05) is 48.9 Å². The second kappa shape index (κ2) is 8.24. The van der Waals surface area contributed by atoms with E-state index in [2.05, 4.69) is 16.0 Å². The molecule has 0 aliphatic carbocycles. The summed E-state index contributed by atoms with van der Waals surface area (Å²) in [6.45, 7) is 5.57. The molecule has 26 heavy (non-hydrogen) atoms. The molecular formula is C19H24N4O2S. The van der Waals surface area contributed by atoms with E-state index in [0.29, 0.717) is 37.9 Å². The molecule has 2 aliphatic heterocycles. The minimum Gasteiger partial charge on any atom is -0.378 e. The van der Waals surface area contributed by atoms with E-state index in [1.54, 1.807) is 11.3 Å². The Labute approximate surface area is 157 Å². The SMILES string of the molecule is O=C(c1cccc([C@H]2CCCN(Cc3cncs3)C2)n1)N1CCOCC1. The summed E-state index contributed by atoms with van der Waals surface area (Å²) in [6.07, 6.45) is 4.24. The standard InChI is InChI=1S/C19H24N4O2S/c24-19(23-7-9-25-10-8-23)18-5-1-4-17(21-18)15-3-2-6-22(12-15)13-16-11-20-14-26-16/h1,4-5,11,14-15H,2-3,6-10,12-13H2/t15-/m0/s1. The number of hydrogen-bond acceptors (Lipinski definition) is 6. The molecule has 0 bridgehead atoms. The van der Waals surface area contributed by atoms with Crippen LogP contribution in [-0.2, 0) is 11.3 Å². The van der Waals surface area contributed by atoms with Crippen molar-refractivity contribution in [2.45, 2.75) is 25.3 Å². The van der Waals surface area contributed by atoms with E-state index in [0.717, 1.165) is 38.2 Å². The molecule has 4 rings (SSSR count). The van der Waals surface area contributed by atoms with Gasteiger partial charge in [0.15, 0.2) is 0 Å². The highest BCUT2D eigenvalue weighted by Gasteiger charge is 2.25. The fraction of sp³-hybridized carbons (Fsp3) is 0.526. The Hall–Kier alpha value is -1.83. The number of pyridine rings is 1. The van der Waals surface area contributed by atoms with Gasteiger partial charge in [0.2, 0.25) is 0 Å². The molecule has 6 nitrogen and oxygen atoms in total. The summed E-state index contributed by atoms with van der Waals surface area (Å²) >= 11 is 1.71. The van der Waals surface area contributed by atoms with E-state index in [-0.39, 0.29) is 5.91 Å². The van der Waals surface area contributed by atoms with E-state index in [1.807, 2.05) is 28.7 Å². The topological polar surface area (TPSA) is 58.6 Å². The molecule has 4 heterocycles. The van der Waals surface area contributed by atoms with Crippen LogP contribution in [0.25, 0.3) is 0 Å². The Morgan fingerprint density at radius 2 is 2.15 bits per heavy atom. The number of hydrogen-bond donors (Lipinski definition) is 0. The first-order valence-corrected chi connectivity index (χ1v) is 10.1. The number of aromatic nitrogens is 2. The lowest BCUT2D eigenvalue weighted by Crippen LogP contribution is -2.41. The summed E-state index contributed by atoms with van der Waals surface area (Å²) in [4.78, 5) is 27.2. The summed E-state index contributed by atoms with van der Waals surface area (Å²) in [5.41, 5.74) is 3.49. The number of rotatable bonds is 4. The average Bonchev–Trinajstić information content (AvgIpc) is 3.21. The van der Waals surface area contributed by atoms with Gasteiger partial charge in [-0.25, -0.2) is 4.98 Å². The van der Waals surface area contributed by atoms with Crippen molar-refractivity contribution in [3.05, 3.63) is 46.2 Å². The van der Waals surface area contributed by atoms with Crippen LogP contribution >= 0.6 is 11.3 Å². The Bertz CT molecular complexity index is 731. The molecule has 0 radical (unpaired) electrons. The van der Waals surface area contributed by atoms with E-state index in [4.69, 9.17) is 9.72 Å². The van der Waals surface area contributed by atoms with Crippen LogP contribution in [0.4, 0.5) is 0 Å². The lowest BCUT2D eigenvalue weighted by atomic mass is 9.94. The van der Waals surface area contributed by atoms with Crippen molar-refractivity contribution in [3.63, 3.8) is 0 Å². The van der Waals surface area contributed by atoms with E-state index in [1.165, 1.54) is 4.88 Å². The molecule has 0 N–H and O–H groups in total. The minimum atomic E-state index is 0.0208. The van der Waals surface area contributed by atoms with Crippen molar-refractivity contribution in [3.8, 4) is 0 Å². The van der Waals surface area contributed by atoms with Crippen molar-refractivity contribution in [2.75, 3.05) is 39.4 Å². The average molecular weight is 372 g/mol. The highest BCUT2D eigenvalue weighted by Crippen LogP contribution is 2.27. The van der Waals surface area contributed by atoms with Gasteiger partial charge >= 0.3 is 0 Å². The van der Waals surface area contributed by atoms with E-state index in [9.17, 15) is 4.79 Å². The smallest absolute Gasteiger partial charge is 0.272 e. The first kappa shape index (κ1) is 17.6. The monoisotopic (exact) mass is 372 g/mol. The third kappa shape index (κ3) is 4.11. The lowest BCUT2D eigenvalue weighted by Gasteiger charge is -2.32. The number of morpholine rings is 1. The predicted molar refractivity (Wildman–Crippen MR) is 100 cm³/mol. The molecule has 1 amide bonds. The van der Waals surface area contributed by atoms with Gasteiger partial charge in [-0.15, -0.1) is 11.3 Å². The number of piperidine rings is 1. The third-order valence-corrected chi connectivity index (χ3v) is 5.84. The van der Waals surface area contributed by atoms with Gasteiger partial charge in [-0.05, 0) is 31.5 Å². The zero-order chi connectivity index (χ0) is 17.8. The molecule has 2 saturated heterocycles. The fourth-order valence-corrected chi connectivity index (χ4v) is 4.34. The van der Waals surface area contributed by atoms with Gasteiger partial charge in [0.05, 0.1) is 18.7 Å². The molecule has 0 saturated carbocycles. The molecule has 2 aromatic rings. The summed E-state index contributed by atoms with van der Waals surface area (Å²) in [5.74, 6) is 0.404. The Kier molecular flexibility index (Phi) is 5.57. The Morgan fingerprint density at radius 3 is 2.96 bits per heavy atom. The van der Waals surface area contributed by atoms with E-state index >= 15 is 0 Å². The highest BCUT2D eigenvalue weighted by molar-refractivity contribution is 7.09. The van der Waals surface area contributed by atoms with Crippen LogP contribution in [0.15, 0.2) is 29.9 Å². The molecule has 2 aromatic heterocycles. The van der Waals surface area contributed by atoms with Crippen molar-refractivity contribution in [1.82, 2.24) is 19.8 Å². The van der Waals surface area contributed by atoms with Crippen LogP contribution < -0.4 is 0 Å². The molecule has 1 atom stereocenters. The second-order valence-corrected chi connectivity index (χ2v) is 7.87. The second-order valence-electron chi connectivity index (χ2n) is 6.89. The highest BCUT2D eigenvalue weighted by atomic mass is 32.1. The van der Waals surface area contributed by atoms with E-state index < -0.39 is 0 Å². The first-order valence-electron chi connectivity index (χ1n) is 9.23. The van der Waals surface area contributed by atoms with Crippen LogP contribution in [0.1, 0.15) is 39.8 Å². The van der Waals surface area contributed by atoms with Gasteiger partial charge in [0.1, 0.15) is 5.69 Å². The first-order chi connectivity index (χ1) is 12.8. The van der Waals surface area contributed by atoms with Gasteiger partial charge in [-0.2, -0.15) is 0 Å². The minimum absolute atomic E-state index is 0.0208. The molecule has 7 heteroatoms. The molecular weight excluding hydrogens is 348 g/mol. The lowest BCUT2D eigenvalue weighted by molar-refractivity contribution is 0.0298. The van der Waals surface area contributed by atoms with Crippen molar-refractivity contribution in [1.29, 1.82) is 0 Å². The van der Waals surface area contributed by atoms with Crippen molar-refractivity contribution < 1.29 is 9.53 Å². The van der Waals surface area contributed by atoms with Crippen LogP contribution in [-0.4, -0.2) is 65.1 Å². The number of nitrogens with zero attached hydrogens (tertiary/aromatic N) is 4. The molecule has 0 aromatic carbocycles. The van der Waals surface area contributed by atoms with Crippen LogP contribution in [0.5, 0.6) is 0 Å². The zero-order valence-corrected chi connectivity index (χ0v) is 15.7. The summed E-state index contributed by atoms with van der Waals surface area (Å²) in [7, 11) is 0. The number of carbonyl (C=O) groups excluding carboxylic acids is 1. The quantitative estimate of drug-likeness (QED) is 0.825. The van der Waals surface area contributed by atoms with Crippen molar-refractivity contribution in [2.24, 2.45) is 0 Å². The summed E-state index contributed by atoms with van der Waals surface area (Å²) in [6, 6.07) is 5.87. The van der Waals surface area contributed by atoms with Gasteiger partial charge < -0.3 is 9.64 Å². The van der Waals surface area contributed by atoms with Crippen molar-refractivity contribution >= 4 is 17.2 Å². The van der Waals surface area contributed by atoms with Crippen LogP contribution in [0.2, 0.25) is 0 Å². The number of ether oxygens (including phenoxy) is 1. The largest absolute Gasteiger partial charge is 0.378 e. The third-order valence-electron chi connectivity index (χ3n) is 5.07. The number of amides is 1. The molecule has 2 fully saturated rings. The molecule has 138 valence electrons. The number of thiazole rings is 1. The number of likely N-dealkylation sites (tertiary alicyclic amines) is 1. The molecule has 2 aliphatic rings.